The van der Waals surface area contributed by atoms with E-state index in [2.05, 4.69) is 0 Å². The van der Waals surface area contributed by atoms with Crippen LogP contribution in [0.2, 0.25) is 0 Å². The normalized spacial score (nSPS) is 11.8. The number of hydrogen-bond donors (Lipinski definition) is 0. The number of carbonyl (C=O) groups is 1. The maximum Gasteiger partial charge on any atom is 0.227 e. The lowest BCUT2D eigenvalue weighted by Crippen LogP contribution is -2.30. The molecule has 0 spiro atoms. The van der Waals surface area contributed by atoms with Crippen LogP contribution in [0.3, 0.4) is 0 Å². The molecule has 3 heteroatoms. The molecule has 2 rings (SSSR count). The molecule has 0 bridgehead atoms. The van der Waals surface area contributed by atoms with Gasteiger partial charge in [0, 0.05) is 7.05 Å². The fraction of sp³-hybridized carbons (Fsp3) is 0.278. The van der Waals surface area contributed by atoms with Crippen LogP contribution in [0.5, 0.6) is 5.75 Å². The van der Waals surface area contributed by atoms with Gasteiger partial charge >= 0.3 is 0 Å². The minimum atomic E-state index is 0.0666. The largest absolute Gasteiger partial charge is 0.497 e. The van der Waals surface area contributed by atoms with Crippen LogP contribution in [-0.2, 0) is 11.2 Å². The summed E-state index contributed by atoms with van der Waals surface area (Å²) in [5.41, 5.74) is 2.14. The molecule has 1 atom stereocenters. The summed E-state index contributed by atoms with van der Waals surface area (Å²) in [5.74, 6) is 0.911. The van der Waals surface area contributed by atoms with Gasteiger partial charge in [-0.2, -0.15) is 0 Å². The molecule has 2 aromatic carbocycles. The molecular formula is C18H21NO2. The number of likely N-dealkylation sites (N-methyl/N-ethyl adjacent to an activating group) is 1. The Balaban J connectivity index is 2.01. The van der Waals surface area contributed by atoms with Gasteiger partial charge in [0.1, 0.15) is 5.75 Å². The van der Waals surface area contributed by atoms with Crippen molar-refractivity contribution in [3.63, 3.8) is 0 Å². The average Bonchev–Trinajstić information content (AvgIpc) is 2.55. The second-order valence-corrected chi connectivity index (χ2v) is 5.12. The van der Waals surface area contributed by atoms with Crippen LogP contribution in [0.25, 0.3) is 0 Å². The fourth-order valence-corrected chi connectivity index (χ4v) is 2.21. The van der Waals surface area contributed by atoms with Crippen molar-refractivity contribution in [1.82, 2.24) is 4.90 Å². The first kappa shape index (κ1) is 15.1. The summed E-state index contributed by atoms with van der Waals surface area (Å²) in [5, 5.41) is 0. The zero-order chi connectivity index (χ0) is 15.2. The smallest absolute Gasteiger partial charge is 0.227 e. The monoisotopic (exact) mass is 283 g/mol. The second kappa shape index (κ2) is 6.93. The summed E-state index contributed by atoms with van der Waals surface area (Å²) in [6.07, 6.45) is 0.400. The molecule has 0 heterocycles. The summed E-state index contributed by atoms with van der Waals surface area (Å²) in [6, 6.07) is 17.7. The summed E-state index contributed by atoms with van der Waals surface area (Å²) >= 11 is 0. The van der Waals surface area contributed by atoms with Crippen LogP contribution in [0.15, 0.2) is 54.6 Å². The van der Waals surface area contributed by atoms with Gasteiger partial charge in [-0.25, -0.2) is 0 Å². The highest BCUT2D eigenvalue weighted by Gasteiger charge is 2.17. The second-order valence-electron chi connectivity index (χ2n) is 5.12. The lowest BCUT2D eigenvalue weighted by molar-refractivity contribution is -0.131. The predicted molar refractivity (Wildman–Crippen MR) is 84.3 cm³/mol. The Morgan fingerprint density at radius 1 is 1.10 bits per heavy atom. The minimum Gasteiger partial charge on any atom is -0.497 e. The molecule has 0 unspecified atom stereocenters. The third-order valence-electron chi connectivity index (χ3n) is 3.77. The van der Waals surface area contributed by atoms with E-state index in [1.54, 1.807) is 12.0 Å². The van der Waals surface area contributed by atoms with Crippen molar-refractivity contribution >= 4 is 5.91 Å². The van der Waals surface area contributed by atoms with Gasteiger partial charge < -0.3 is 9.64 Å². The molecule has 0 fully saturated rings. The van der Waals surface area contributed by atoms with Gasteiger partial charge in [0.2, 0.25) is 5.91 Å². The highest BCUT2D eigenvalue weighted by molar-refractivity contribution is 5.79. The van der Waals surface area contributed by atoms with Gasteiger partial charge in [0.05, 0.1) is 19.6 Å². The van der Waals surface area contributed by atoms with Crippen molar-refractivity contribution in [2.24, 2.45) is 0 Å². The van der Waals surface area contributed by atoms with E-state index in [0.29, 0.717) is 6.42 Å². The summed E-state index contributed by atoms with van der Waals surface area (Å²) in [4.78, 5) is 14.2. The van der Waals surface area contributed by atoms with Crippen LogP contribution >= 0.6 is 0 Å². The van der Waals surface area contributed by atoms with Crippen molar-refractivity contribution in [1.29, 1.82) is 0 Å². The van der Waals surface area contributed by atoms with Gasteiger partial charge in [-0.05, 0) is 30.2 Å². The molecule has 0 N–H and O–H groups in total. The molecule has 0 aliphatic rings. The molecule has 2 aromatic rings. The molecule has 0 aliphatic heterocycles. The van der Waals surface area contributed by atoms with Gasteiger partial charge in [0.25, 0.3) is 0 Å². The Kier molecular flexibility index (Phi) is 4.99. The summed E-state index contributed by atoms with van der Waals surface area (Å²) in [7, 11) is 3.49. The number of rotatable bonds is 5. The molecule has 3 nitrogen and oxygen atoms in total. The van der Waals surface area contributed by atoms with Gasteiger partial charge in [-0.1, -0.05) is 42.5 Å². The summed E-state index contributed by atoms with van der Waals surface area (Å²) < 4.78 is 5.12. The van der Waals surface area contributed by atoms with Crippen LogP contribution in [0.1, 0.15) is 24.1 Å². The molecule has 0 radical (unpaired) electrons. The highest BCUT2D eigenvalue weighted by atomic mass is 16.5. The number of ether oxygens (including phenoxy) is 1. The van der Waals surface area contributed by atoms with Crippen LogP contribution in [-0.4, -0.2) is 25.0 Å². The SMILES string of the molecule is COc1ccc(CC(=O)N(C)[C@@H](C)c2ccccc2)cc1. The lowest BCUT2D eigenvalue weighted by atomic mass is 10.1. The van der Waals surface area contributed by atoms with Gasteiger partial charge in [0.15, 0.2) is 0 Å². The molecular weight excluding hydrogens is 262 g/mol. The molecule has 0 aliphatic carbocycles. The molecule has 21 heavy (non-hydrogen) atoms. The zero-order valence-corrected chi connectivity index (χ0v) is 12.7. The number of amides is 1. The van der Waals surface area contributed by atoms with E-state index >= 15 is 0 Å². The third kappa shape index (κ3) is 3.85. The molecule has 1 amide bonds. The Morgan fingerprint density at radius 2 is 1.71 bits per heavy atom. The number of benzene rings is 2. The maximum atomic E-state index is 12.4. The van der Waals surface area contributed by atoms with E-state index in [0.717, 1.165) is 16.9 Å². The van der Waals surface area contributed by atoms with Crippen molar-refractivity contribution in [3.05, 3.63) is 65.7 Å². The lowest BCUT2D eigenvalue weighted by Gasteiger charge is -2.25. The quantitative estimate of drug-likeness (QED) is 0.841. The van der Waals surface area contributed by atoms with Crippen molar-refractivity contribution in [2.45, 2.75) is 19.4 Å². The Bertz CT molecular complexity index is 578. The zero-order valence-electron chi connectivity index (χ0n) is 12.7. The highest BCUT2D eigenvalue weighted by Crippen LogP contribution is 2.19. The van der Waals surface area contributed by atoms with E-state index in [4.69, 9.17) is 4.74 Å². The van der Waals surface area contributed by atoms with Crippen molar-refractivity contribution < 1.29 is 9.53 Å². The van der Waals surface area contributed by atoms with E-state index in [1.165, 1.54) is 0 Å². The van der Waals surface area contributed by atoms with Gasteiger partial charge in [-0.3, -0.25) is 4.79 Å². The summed E-state index contributed by atoms with van der Waals surface area (Å²) in [6.45, 7) is 2.04. The standard InChI is InChI=1S/C18H21NO2/c1-14(16-7-5-4-6-8-16)19(2)18(20)13-15-9-11-17(21-3)12-10-15/h4-12,14H,13H2,1-3H3/t14-/m0/s1. The number of methoxy groups -OCH3 is 1. The first-order chi connectivity index (χ1) is 10.1. The first-order valence-corrected chi connectivity index (χ1v) is 7.05. The van der Waals surface area contributed by atoms with Gasteiger partial charge in [-0.15, -0.1) is 0 Å². The molecule has 0 aromatic heterocycles. The average molecular weight is 283 g/mol. The number of hydrogen-bond acceptors (Lipinski definition) is 2. The predicted octanol–water partition coefficient (Wildman–Crippen LogP) is 3.46. The Hall–Kier alpha value is -2.29. The molecule has 110 valence electrons. The van der Waals surface area contributed by atoms with Crippen LogP contribution in [0, 0.1) is 0 Å². The van der Waals surface area contributed by atoms with E-state index < -0.39 is 0 Å². The fourth-order valence-electron chi connectivity index (χ4n) is 2.21. The first-order valence-electron chi connectivity index (χ1n) is 7.05. The number of nitrogens with zero attached hydrogens (tertiary/aromatic N) is 1. The minimum absolute atomic E-state index is 0.0666. The van der Waals surface area contributed by atoms with Crippen molar-refractivity contribution in [3.8, 4) is 5.75 Å². The Labute approximate surface area is 126 Å². The molecule has 0 saturated heterocycles. The van der Waals surface area contributed by atoms with Crippen LogP contribution < -0.4 is 4.74 Å². The van der Waals surface area contributed by atoms with E-state index in [9.17, 15) is 4.79 Å². The van der Waals surface area contributed by atoms with Crippen molar-refractivity contribution in [2.75, 3.05) is 14.2 Å². The molecule has 0 saturated carbocycles. The topological polar surface area (TPSA) is 29.5 Å². The van der Waals surface area contributed by atoms with E-state index in [1.807, 2.05) is 68.6 Å². The van der Waals surface area contributed by atoms with Crippen LogP contribution in [0.4, 0.5) is 0 Å². The van der Waals surface area contributed by atoms with E-state index in [-0.39, 0.29) is 11.9 Å². The number of carbonyl (C=O) groups excluding carboxylic acids is 1. The third-order valence-corrected chi connectivity index (χ3v) is 3.77. The maximum absolute atomic E-state index is 12.4. The Morgan fingerprint density at radius 3 is 2.29 bits per heavy atom.